The normalized spacial score (nSPS) is 12.2. The molecular formula is C11H15NO4. The lowest BCUT2D eigenvalue weighted by Gasteiger charge is -2.09. The highest BCUT2D eigenvalue weighted by molar-refractivity contribution is 5.48. The molecule has 1 atom stereocenters. The molecule has 1 N–H and O–H groups in total. The number of methoxy groups -OCH3 is 1. The van der Waals surface area contributed by atoms with Gasteiger partial charge in [0.1, 0.15) is 0 Å². The van der Waals surface area contributed by atoms with Crippen molar-refractivity contribution in [3.63, 3.8) is 0 Å². The van der Waals surface area contributed by atoms with Gasteiger partial charge in [-0.25, -0.2) is 0 Å². The Labute approximate surface area is 93.8 Å². The third-order valence-corrected chi connectivity index (χ3v) is 2.38. The summed E-state index contributed by atoms with van der Waals surface area (Å²) in [5.41, 5.74) is 0.772. The molecule has 1 unspecified atom stereocenters. The number of benzene rings is 1. The second-order valence-electron chi connectivity index (χ2n) is 3.53. The van der Waals surface area contributed by atoms with Crippen molar-refractivity contribution >= 4 is 5.69 Å². The molecule has 5 nitrogen and oxygen atoms in total. The molecule has 0 spiro atoms. The monoisotopic (exact) mass is 225 g/mol. The standard InChI is InChI=1S/C11H15NO4/c1-3-9(13)6-8-4-5-10(12(14)15)11(7-8)16-2/h4-5,7,9,13H,3,6H2,1-2H3. The molecule has 0 bridgehead atoms. The molecule has 88 valence electrons. The van der Waals surface area contributed by atoms with E-state index in [2.05, 4.69) is 0 Å². The van der Waals surface area contributed by atoms with E-state index in [1.54, 1.807) is 12.1 Å². The zero-order valence-corrected chi connectivity index (χ0v) is 9.34. The van der Waals surface area contributed by atoms with Crippen LogP contribution in [0.2, 0.25) is 0 Å². The first kappa shape index (κ1) is 12.4. The number of aliphatic hydroxyl groups is 1. The third-order valence-electron chi connectivity index (χ3n) is 2.38. The smallest absolute Gasteiger partial charge is 0.310 e. The van der Waals surface area contributed by atoms with Gasteiger partial charge in [-0.15, -0.1) is 0 Å². The van der Waals surface area contributed by atoms with Gasteiger partial charge in [-0.1, -0.05) is 13.0 Å². The van der Waals surface area contributed by atoms with Crippen LogP contribution >= 0.6 is 0 Å². The molecule has 0 fully saturated rings. The Hall–Kier alpha value is -1.62. The average Bonchev–Trinajstić information content (AvgIpc) is 2.28. The van der Waals surface area contributed by atoms with Gasteiger partial charge in [0.2, 0.25) is 0 Å². The van der Waals surface area contributed by atoms with Gasteiger partial charge in [-0.2, -0.15) is 0 Å². The SMILES string of the molecule is CCC(O)Cc1ccc([N+](=O)[O-])c(OC)c1. The number of nitro benzene ring substituents is 1. The molecular weight excluding hydrogens is 210 g/mol. The molecule has 0 aromatic heterocycles. The van der Waals surface area contributed by atoms with Crippen LogP contribution in [0.15, 0.2) is 18.2 Å². The Morgan fingerprint density at radius 1 is 1.56 bits per heavy atom. The average molecular weight is 225 g/mol. The summed E-state index contributed by atoms with van der Waals surface area (Å²) >= 11 is 0. The molecule has 0 aliphatic carbocycles. The highest BCUT2D eigenvalue weighted by Crippen LogP contribution is 2.28. The maximum absolute atomic E-state index is 10.6. The molecule has 0 aliphatic rings. The zero-order valence-electron chi connectivity index (χ0n) is 9.34. The van der Waals surface area contributed by atoms with Gasteiger partial charge in [0, 0.05) is 6.07 Å². The van der Waals surface area contributed by atoms with Crippen LogP contribution in [0.3, 0.4) is 0 Å². The number of hydrogen-bond donors (Lipinski definition) is 1. The number of ether oxygens (including phenoxy) is 1. The maximum Gasteiger partial charge on any atom is 0.310 e. The van der Waals surface area contributed by atoms with Gasteiger partial charge in [-0.3, -0.25) is 10.1 Å². The number of hydrogen-bond acceptors (Lipinski definition) is 4. The van der Waals surface area contributed by atoms with Crippen molar-refractivity contribution in [3.05, 3.63) is 33.9 Å². The quantitative estimate of drug-likeness (QED) is 0.613. The predicted octanol–water partition coefficient (Wildman–Crippen LogP) is 1.92. The molecule has 0 heterocycles. The minimum Gasteiger partial charge on any atom is -0.490 e. The summed E-state index contributed by atoms with van der Waals surface area (Å²) < 4.78 is 4.94. The molecule has 0 saturated heterocycles. The number of rotatable bonds is 5. The molecule has 1 rings (SSSR count). The van der Waals surface area contributed by atoms with Gasteiger partial charge >= 0.3 is 5.69 Å². The lowest BCUT2D eigenvalue weighted by atomic mass is 10.1. The summed E-state index contributed by atoms with van der Waals surface area (Å²) in [7, 11) is 1.39. The molecule has 0 aliphatic heterocycles. The van der Waals surface area contributed by atoms with Crippen LogP contribution in [-0.2, 0) is 6.42 Å². The van der Waals surface area contributed by atoms with E-state index in [1.165, 1.54) is 13.2 Å². The van der Waals surface area contributed by atoms with E-state index >= 15 is 0 Å². The number of nitro groups is 1. The Morgan fingerprint density at radius 2 is 2.25 bits per heavy atom. The predicted molar refractivity (Wildman–Crippen MR) is 59.7 cm³/mol. The Balaban J connectivity index is 2.95. The van der Waals surface area contributed by atoms with Crippen molar-refractivity contribution in [2.75, 3.05) is 7.11 Å². The van der Waals surface area contributed by atoms with E-state index in [-0.39, 0.29) is 11.4 Å². The first-order chi connectivity index (χ1) is 7.58. The molecule has 0 amide bonds. The fraction of sp³-hybridized carbons (Fsp3) is 0.455. The van der Waals surface area contributed by atoms with Crippen molar-refractivity contribution < 1.29 is 14.8 Å². The second-order valence-corrected chi connectivity index (χ2v) is 3.53. The molecule has 1 aromatic carbocycles. The lowest BCUT2D eigenvalue weighted by Crippen LogP contribution is -2.08. The minimum atomic E-state index is -0.487. The topological polar surface area (TPSA) is 72.6 Å². The van der Waals surface area contributed by atoms with Gasteiger partial charge in [0.05, 0.1) is 18.1 Å². The number of nitrogens with zero attached hydrogens (tertiary/aromatic N) is 1. The molecule has 1 aromatic rings. The van der Waals surface area contributed by atoms with Crippen LogP contribution < -0.4 is 4.74 Å². The third kappa shape index (κ3) is 2.93. The molecule has 5 heteroatoms. The van der Waals surface area contributed by atoms with Crippen molar-refractivity contribution in [1.82, 2.24) is 0 Å². The first-order valence-corrected chi connectivity index (χ1v) is 5.07. The summed E-state index contributed by atoms with van der Waals surface area (Å²) in [6.07, 6.45) is 0.704. The van der Waals surface area contributed by atoms with Gasteiger partial charge in [0.25, 0.3) is 0 Å². The fourth-order valence-electron chi connectivity index (χ4n) is 1.42. The Bertz CT molecular complexity index is 378. The molecule has 16 heavy (non-hydrogen) atoms. The second kappa shape index (κ2) is 5.46. The van der Waals surface area contributed by atoms with Crippen LogP contribution in [0.25, 0.3) is 0 Å². The lowest BCUT2D eigenvalue weighted by molar-refractivity contribution is -0.385. The van der Waals surface area contributed by atoms with Crippen LogP contribution in [-0.4, -0.2) is 23.2 Å². The van der Waals surface area contributed by atoms with Crippen LogP contribution in [0.1, 0.15) is 18.9 Å². The maximum atomic E-state index is 10.6. The van der Waals surface area contributed by atoms with Crippen molar-refractivity contribution in [2.24, 2.45) is 0 Å². The van der Waals surface area contributed by atoms with E-state index in [0.29, 0.717) is 12.8 Å². The van der Waals surface area contributed by atoms with E-state index in [4.69, 9.17) is 4.74 Å². The fourth-order valence-corrected chi connectivity index (χ4v) is 1.42. The van der Waals surface area contributed by atoms with Crippen LogP contribution in [0.4, 0.5) is 5.69 Å². The van der Waals surface area contributed by atoms with Gasteiger partial charge in [-0.05, 0) is 24.5 Å². The van der Waals surface area contributed by atoms with E-state index in [0.717, 1.165) is 5.56 Å². The van der Waals surface area contributed by atoms with E-state index < -0.39 is 11.0 Å². The van der Waals surface area contributed by atoms with E-state index in [9.17, 15) is 15.2 Å². The van der Waals surface area contributed by atoms with Crippen molar-refractivity contribution in [1.29, 1.82) is 0 Å². The van der Waals surface area contributed by atoms with Crippen LogP contribution in [0.5, 0.6) is 5.75 Å². The molecule has 0 radical (unpaired) electrons. The Kier molecular flexibility index (Phi) is 4.25. The first-order valence-electron chi connectivity index (χ1n) is 5.07. The summed E-state index contributed by atoms with van der Waals surface area (Å²) in [6, 6.07) is 4.63. The summed E-state index contributed by atoms with van der Waals surface area (Å²) in [5.74, 6) is 0.228. The summed E-state index contributed by atoms with van der Waals surface area (Å²) in [6.45, 7) is 1.88. The largest absolute Gasteiger partial charge is 0.490 e. The van der Waals surface area contributed by atoms with Gasteiger partial charge < -0.3 is 9.84 Å². The minimum absolute atomic E-state index is 0.0581. The van der Waals surface area contributed by atoms with Crippen molar-refractivity contribution in [2.45, 2.75) is 25.9 Å². The summed E-state index contributed by atoms with van der Waals surface area (Å²) in [5, 5.41) is 20.1. The van der Waals surface area contributed by atoms with Crippen molar-refractivity contribution in [3.8, 4) is 5.75 Å². The zero-order chi connectivity index (χ0) is 12.1. The highest BCUT2D eigenvalue weighted by atomic mass is 16.6. The van der Waals surface area contributed by atoms with Crippen LogP contribution in [0, 0.1) is 10.1 Å². The Morgan fingerprint density at radius 3 is 2.75 bits per heavy atom. The summed E-state index contributed by atoms with van der Waals surface area (Å²) in [4.78, 5) is 10.2. The highest BCUT2D eigenvalue weighted by Gasteiger charge is 2.15. The van der Waals surface area contributed by atoms with E-state index in [1.807, 2.05) is 6.92 Å². The number of aliphatic hydroxyl groups excluding tert-OH is 1. The molecule has 0 saturated carbocycles. The van der Waals surface area contributed by atoms with Gasteiger partial charge in [0.15, 0.2) is 5.75 Å².